The van der Waals surface area contributed by atoms with E-state index < -0.39 is 38.4 Å². The lowest BCUT2D eigenvalue weighted by Gasteiger charge is -2.36. The molecule has 2 fully saturated rings. The molecule has 2 aromatic carbocycles. The van der Waals surface area contributed by atoms with Crippen molar-refractivity contribution >= 4 is 33.0 Å². The van der Waals surface area contributed by atoms with Gasteiger partial charge in [-0.2, -0.15) is 0 Å². The first-order valence-electron chi connectivity index (χ1n) is 9.79. The maximum atomic E-state index is 13.4. The van der Waals surface area contributed by atoms with Crippen LogP contribution < -0.4 is 5.32 Å². The Balaban J connectivity index is 1.60. The first-order valence-corrected chi connectivity index (χ1v) is 11.7. The van der Waals surface area contributed by atoms with Crippen LogP contribution in [-0.4, -0.2) is 43.6 Å². The van der Waals surface area contributed by atoms with Gasteiger partial charge in [-0.1, -0.05) is 11.6 Å². The van der Waals surface area contributed by atoms with Crippen molar-refractivity contribution in [1.82, 2.24) is 4.90 Å². The number of carbonyl (C=O) groups excluding carboxylic acids is 1. The molecule has 2 saturated heterocycles. The molecule has 0 radical (unpaired) electrons. The summed E-state index contributed by atoms with van der Waals surface area (Å²) >= 11 is 6.18. The quantitative estimate of drug-likeness (QED) is 0.669. The van der Waals surface area contributed by atoms with E-state index in [1.165, 1.54) is 18.2 Å². The van der Waals surface area contributed by atoms with E-state index in [1.807, 2.05) is 7.05 Å². The zero-order valence-corrected chi connectivity index (χ0v) is 18.1. The number of rotatable bonds is 4. The van der Waals surface area contributed by atoms with Gasteiger partial charge in [0.25, 0.3) is 5.91 Å². The zero-order chi connectivity index (χ0) is 22.5. The van der Waals surface area contributed by atoms with E-state index in [0.29, 0.717) is 25.0 Å². The van der Waals surface area contributed by atoms with Gasteiger partial charge in [0.05, 0.1) is 15.2 Å². The second-order valence-electron chi connectivity index (χ2n) is 8.04. The highest BCUT2D eigenvalue weighted by Crippen LogP contribution is 2.40. The van der Waals surface area contributed by atoms with Crippen LogP contribution in [0.15, 0.2) is 35.2 Å². The fourth-order valence-corrected chi connectivity index (χ4v) is 6.87. The Morgan fingerprint density at radius 1 is 1.06 bits per heavy atom. The van der Waals surface area contributed by atoms with Crippen molar-refractivity contribution in [2.45, 2.75) is 47.9 Å². The third-order valence-corrected chi connectivity index (χ3v) is 8.89. The van der Waals surface area contributed by atoms with E-state index in [4.69, 9.17) is 11.6 Å². The molecule has 4 rings (SSSR count). The first-order chi connectivity index (χ1) is 14.6. The topological polar surface area (TPSA) is 66.5 Å². The number of halogens is 4. The van der Waals surface area contributed by atoms with Crippen LogP contribution in [0.2, 0.25) is 5.02 Å². The van der Waals surface area contributed by atoms with E-state index in [2.05, 4.69) is 10.2 Å². The highest BCUT2D eigenvalue weighted by molar-refractivity contribution is 7.92. The number of benzene rings is 2. The number of sulfone groups is 1. The van der Waals surface area contributed by atoms with E-state index in [9.17, 15) is 26.4 Å². The molecular weight excluding hydrogens is 453 g/mol. The molecule has 2 aliphatic rings. The summed E-state index contributed by atoms with van der Waals surface area (Å²) in [4.78, 5) is 14.6. The predicted molar refractivity (Wildman–Crippen MR) is 111 cm³/mol. The Kier molecular flexibility index (Phi) is 5.78. The van der Waals surface area contributed by atoms with Crippen LogP contribution in [0.4, 0.5) is 18.9 Å². The molecule has 2 aliphatic heterocycles. The zero-order valence-electron chi connectivity index (χ0n) is 16.5. The summed E-state index contributed by atoms with van der Waals surface area (Å²) < 4.78 is 66.6. The van der Waals surface area contributed by atoms with Crippen molar-refractivity contribution in [3.8, 4) is 0 Å². The molecule has 1 N–H and O–H groups in total. The lowest BCUT2D eigenvalue weighted by atomic mass is 10.0. The third kappa shape index (κ3) is 4.06. The van der Waals surface area contributed by atoms with Crippen LogP contribution in [0.25, 0.3) is 0 Å². The Labute approximate surface area is 183 Å². The van der Waals surface area contributed by atoms with Crippen molar-refractivity contribution in [2.75, 3.05) is 12.4 Å². The van der Waals surface area contributed by atoms with Crippen molar-refractivity contribution in [3.63, 3.8) is 0 Å². The maximum Gasteiger partial charge on any atom is 0.255 e. The lowest BCUT2D eigenvalue weighted by Crippen LogP contribution is -2.44. The fraction of sp³-hybridized carbons (Fsp3) is 0.381. The maximum absolute atomic E-state index is 13.4. The third-order valence-electron chi connectivity index (χ3n) is 6.24. The number of carbonyl (C=O) groups is 1. The SMILES string of the molecule is CN1C2CC[C@H]1CC(S(=O)(=O)c1cc(C(=O)Nc3cc(F)c(F)c(F)c3)ccc1Cl)C2. The molecule has 2 unspecified atom stereocenters. The van der Waals surface area contributed by atoms with Gasteiger partial charge in [0.15, 0.2) is 27.3 Å². The van der Waals surface area contributed by atoms with Crippen LogP contribution in [0, 0.1) is 17.5 Å². The molecule has 2 heterocycles. The summed E-state index contributed by atoms with van der Waals surface area (Å²) in [6.07, 6.45) is 2.90. The van der Waals surface area contributed by atoms with Gasteiger partial charge < -0.3 is 10.2 Å². The minimum absolute atomic E-state index is 0.00157. The lowest BCUT2D eigenvalue weighted by molar-refractivity contribution is 0.102. The monoisotopic (exact) mass is 472 g/mol. The van der Waals surface area contributed by atoms with E-state index in [0.717, 1.165) is 12.8 Å². The summed E-state index contributed by atoms with van der Waals surface area (Å²) in [5.41, 5.74) is -0.350. The van der Waals surface area contributed by atoms with Crippen LogP contribution in [0.5, 0.6) is 0 Å². The highest BCUT2D eigenvalue weighted by Gasteiger charge is 2.44. The molecule has 5 nitrogen and oxygen atoms in total. The molecule has 31 heavy (non-hydrogen) atoms. The summed E-state index contributed by atoms with van der Waals surface area (Å²) in [7, 11) is -1.79. The molecule has 1 amide bonds. The molecule has 0 aromatic heterocycles. The number of nitrogens with one attached hydrogen (secondary N) is 1. The number of fused-ring (bicyclic) bond motifs is 2. The van der Waals surface area contributed by atoms with Crippen molar-refractivity contribution in [1.29, 1.82) is 0 Å². The number of nitrogens with zero attached hydrogens (tertiary/aromatic N) is 1. The van der Waals surface area contributed by atoms with E-state index in [-0.39, 0.29) is 33.3 Å². The molecule has 0 spiro atoms. The second-order valence-corrected chi connectivity index (χ2v) is 10.6. The van der Waals surface area contributed by atoms with E-state index >= 15 is 0 Å². The molecule has 2 aromatic rings. The normalized spacial score (nSPS) is 23.7. The van der Waals surface area contributed by atoms with Gasteiger partial charge in [0, 0.05) is 35.5 Å². The van der Waals surface area contributed by atoms with Gasteiger partial charge in [-0.15, -0.1) is 0 Å². The van der Waals surface area contributed by atoms with Crippen LogP contribution in [0.1, 0.15) is 36.0 Å². The molecule has 0 saturated carbocycles. The average Bonchev–Trinajstić information content (AvgIpc) is 2.91. The van der Waals surface area contributed by atoms with Crippen LogP contribution >= 0.6 is 11.6 Å². The predicted octanol–water partition coefficient (Wildman–Crippen LogP) is 4.41. The highest BCUT2D eigenvalue weighted by atomic mass is 35.5. The molecule has 10 heteroatoms. The smallest absolute Gasteiger partial charge is 0.255 e. The molecule has 2 bridgehead atoms. The number of hydrogen-bond acceptors (Lipinski definition) is 4. The number of hydrogen-bond donors (Lipinski definition) is 1. The van der Waals surface area contributed by atoms with E-state index in [1.54, 1.807) is 0 Å². The van der Waals surface area contributed by atoms with Gasteiger partial charge in [-0.05, 0) is 50.9 Å². The summed E-state index contributed by atoms with van der Waals surface area (Å²) in [6.45, 7) is 0. The van der Waals surface area contributed by atoms with Gasteiger partial charge in [0.2, 0.25) is 0 Å². The number of amides is 1. The largest absolute Gasteiger partial charge is 0.322 e. The van der Waals surface area contributed by atoms with Crippen LogP contribution in [0.3, 0.4) is 0 Å². The molecule has 3 atom stereocenters. The Bertz CT molecular complexity index is 1120. The van der Waals surface area contributed by atoms with Crippen molar-refractivity contribution in [3.05, 3.63) is 58.4 Å². The van der Waals surface area contributed by atoms with Gasteiger partial charge in [0.1, 0.15) is 0 Å². The Morgan fingerprint density at radius 2 is 1.65 bits per heavy atom. The minimum Gasteiger partial charge on any atom is -0.322 e. The number of piperidine rings is 1. The minimum atomic E-state index is -3.80. The fourth-order valence-electron chi connectivity index (χ4n) is 4.49. The van der Waals surface area contributed by atoms with Gasteiger partial charge >= 0.3 is 0 Å². The van der Waals surface area contributed by atoms with Gasteiger partial charge in [-0.3, -0.25) is 4.79 Å². The molecule has 166 valence electrons. The Hall–Kier alpha value is -2.10. The van der Waals surface area contributed by atoms with Crippen LogP contribution in [-0.2, 0) is 9.84 Å². The summed E-state index contributed by atoms with van der Waals surface area (Å²) in [5, 5.41) is 1.65. The summed E-state index contributed by atoms with van der Waals surface area (Å²) in [6, 6.07) is 5.46. The Morgan fingerprint density at radius 3 is 2.23 bits per heavy atom. The first kappa shape index (κ1) is 22.1. The molecular formula is C21H20ClF3N2O3S. The number of anilines is 1. The molecule has 0 aliphatic carbocycles. The van der Waals surface area contributed by atoms with Crippen molar-refractivity contribution in [2.24, 2.45) is 0 Å². The summed E-state index contributed by atoms with van der Waals surface area (Å²) in [5.74, 6) is -5.36. The van der Waals surface area contributed by atoms with Crippen molar-refractivity contribution < 1.29 is 26.4 Å². The standard InChI is InChI=1S/C21H20ClF3N2O3S/c1-27-13-3-4-14(27)10-15(9-13)31(29,30)19-6-11(2-5-16(19)22)21(28)26-12-7-17(23)20(25)18(24)8-12/h2,5-8,13-15H,3-4,9-10H2,1H3,(H,26,28)/t13-,14?,15?/m0/s1. The average molecular weight is 473 g/mol. The van der Waals surface area contributed by atoms with Gasteiger partial charge in [-0.25, -0.2) is 21.6 Å². The second kappa shape index (κ2) is 8.11.